The van der Waals surface area contributed by atoms with Gasteiger partial charge < -0.3 is 9.47 Å². The van der Waals surface area contributed by atoms with Gasteiger partial charge in [-0.1, -0.05) is 13.8 Å². The van der Waals surface area contributed by atoms with Crippen molar-refractivity contribution in [2.45, 2.75) is 33.4 Å². The van der Waals surface area contributed by atoms with E-state index in [1.54, 1.807) is 6.33 Å². The third kappa shape index (κ3) is 2.38. The zero-order valence-electron chi connectivity index (χ0n) is 10.2. The molecule has 92 valence electrons. The molecule has 0 radical (unpaired) electrons. The van der Waals surface area contributed by atoms with E-state index in [2.05, 4.69) is 4.98 Å². The van der Waals surface area contributed by atoms with Crippen molar-refractivity contribution >= 4 is 12.2 Å². The number of carbonyl (C=O) groups excluding carboxylic acids is 2. The van der Waals surface area contributed by atoms with Gasteiger partial charge in [0.1, 0.15) is 5.69 Å². The number of imidazole rings is 1. The molecule has 1 amide bonds. The number of nitrogens with zero attached hydrogens (tertiary/aromatic N) is 3. The van der Waals surface area contributed by atoms with Crippen LogP contribution in [-0.2, 0) is 17.9 Å². The lowest BCUT2D eigenvalue weighted by Crippen LogP contribution is -2.38. The van der Waals surface area contributed by atoms with Gasteiger partial charge in [0.15, 0.2) is 6.29 Å². The number of aromatic nitrogens is 2. The lowest BCUT2D eigenvalue weighted by molar-refractivity contribution is -0.133. The molecule has 5 nitrogen and oxygen atoms in total. The minimum Gasteiger partial charge on any atom is -0.335 e. The third-order valence-corrected chi connectivity index (χ3v) is 2.98. The van der Waals surface area contributed by atoms with Crippen LogP contribution in [0, 0.1) is 5.92 Å². The second-order valence-electron chi connectivity index (χ2n) is 4.80. The van der Waals surface area contributed by atoms with Crippen LogP contribution in [0.15, 0.2) is 6.33 Å². The summed E-state index contributed by atoms with van der Waals surface area (Å²) in [7, 11) is 0. The molecule has 2 heterocycles. The van der Waals surface area contributed by atoms with E-state index >= 15 is 0 Å². The average molecular weight is 235 g/mol. The van der Waals surface area contributed by atoms with Gasteiger partial charge in [-0.25, -0.2) is 4.98 Å². The summed E-state index contributed by atoms with van der Waals surface area (Å²) in [4.78, 5) is 28.6. The number of hydrogen-bond acceptors (Lipinski definition) is 3. The summed E-state index contributed by atoms with van der Waals surface area (Å²) >= 11 is 0. The van der Waals surface area contributed by atoms with E-state index in [1.165, 1.54) is 0 Å². The van der Waals surface area contributed by atoms with Crippen LogP contribution < -0.4 is 0 Å². The standard InChI is InChI=1S/C12H17N3O2/c1-9(2)5-12(17)14-3-4-15-8-13-10(7-16)11(15)6-14/h7-9H,3-6H2,1-2H3. The third-order valence-electron chi connectivity index (χ3n) is 2.98. The fourth-order valence-electron chi connectivity index (χ4n) is 2.07. The molecular formula is C12H17N3O2. The zero-order valence-corrected chi connectivity index (χ0v) is 10.2. The Balaban J connectivity index is 2.12. The highest BCUT2D eigenvalue weighted by Crippen LogP contribution is 2.16. The maximum absolute atomic E-state index is 11.9. The van der Waals surface area contributed by atoms with E-state index in [4.69, 9.17) is 0 Å². The second kappa shape index (κ2) is 4.69. The predicted molar refractivity (Wildman–Crippen MR) is 62.5 cm³/mol. The van der Waals surface area contributed by atoms with Crippen LogP contribution in [0.2, 0.25) is 0 Å². The molecule has 0 fully saturated rings. The molecule has 0 spiro atoms. The topological polar surface area (TPSA) is 55.2 Å². The van der Waals surface area contributed by atoms with E-state index in [1.807, 2.05) is 23.3 Å². The van der Waals surface area contributed by atoms with Gasteiger partial charge in [0.2, 0.25) is 5.91 Å². The van der Waals surface area contributed by atoms with Crippen LogP contribution in [0.4, 0.5) is 0 Å². The highest BCUT2D eigenvalue weighted by Gasteiger charge is 2.23. The molecule has 0 saturated carbocycles. The maximum atomic E-state index is 11.9. The van der Waals surface area contributed by atoms with E-state index < -0.39 is 0 Å². The Hall–Kier alpha value is -1.65. The van der Waals surface area contributed by atoms with E-state index in [9.17, 15) is 9.59 Å². The minimum atomic E-state index is 0.157. The van der Waals surface area contributed by atoms with Crippen LogP contribution in [0.5, 0.6) is 0 Å². The highest BCUT2D eigenvalue weighted by molar-refractivity contribution is 5.77. The first-order valence-corrected chi connectivity index (χ1v) is 5.88. The number of fused-ring (bicyclic) bond motifs is 1. The Morgan fingerprint density at radius 2 is 2.29 bits per heavy atom. The second-order valence-corrected chi connectivity index (χ2v) is 4.80. The largest absolute Gasteiger partial charge is 0.335 e. The molecule has 2 rings (SSSR count). The molecule has 0 unspecified atom stereocenters. The molecule has 1 aromatic heterocycles. The van der Waals surface area contributed by atoms with Gasteiger partial charge in [0, 0.05) is 19.5 Å². The summed E-state index contributed by atoms with van der Waals surface area (Å²) in [5, 5.41) is 0. The Morgan fingerprint density at radius 1 is 1.53 bits per heavy atom. The Kier molecular flexibility index (Phi) is 3.26. The van der Waals surface area contributed by atoms with Crippen LogP contribution in [0.1, 0.15) is 36.5 Å². The molecule has 0 N–H and O–H groups in total. The van der Waals surface area contributed by atoms with Crippen molar-refractivity contribution in [3.63, 3.8) is 0 Å². The van der Waals surface area contributed by atoms with Crippen LogP contribution in [0.3, 0.4) is 0 Å². The Labute approximate surface area is 100 Å². The molecular weight excluding hydrogens is 218 g/mol. The van der Waals surface area contributed by atoms with Gasteiger partial charge in [0.05, 0.1) is 18.6 Å². The molecule has 17 heavy (non-hydrogen) atoms. The molecule has 1 aliphatic rings. The van der Waals surface area contributed by atoms with Crippen LogP contribution in [-0.4, -0.2) is 33.2 Å². The first-order valence-electron chi connectivity index (χ1n) is 5.88. The summed E-state index contributed by atoms with van der Waals surface area (Å²) in [5.74, 6) is 0.518. The fourth-order valence-corrected chi connectivity index (χ4v) is 2.07. The maximum Gasteiger partial charge on any atom is 0.223 e. The number of rotatable bonds is 3. The van der Waals surface area contributed by atoms with Crippen molar-refractivity contribution in [2.24, 2.45) is 5.92 Å². The number of hydrogen-bond donors (Lipinski definition) is 0. The van der Waals surface area contributed by atoms with Gasteiger partial charge >= 0.3 is 0 Å². The number of amides is 1. The van der Waals surface area contributed by atoms with Gasteiger partial charge in [-0.2, -0.15) is 0 Å². The summed E-state index contributed by atoms with van der Waals surface area (Å²) in [6.07, 6.45) is 2.98. The number of aldehydes is 1. The van der Waals surface area contributed by atoms with Crippen molar-refractivity contribution in [2.75, 3.05) is 6.54 Å². The normalized spacial score (nSPS) is 14.9. The first-order chi connectivity index (χ1) is 8.11. The molecule has 5 heteroatoms. The van der Waals surface area contributed by atoms with Gasteiger partial charge in [0.25, 0.3) is 0 Å². The fraction of sp³-hybridized carbons (Fsp3) is 0.583. The highest BCUT2D eigenvalue weighted by atomic mass is 16.2. The average Bonchev–Trinajstić information content (AvgIpc) is 2.69. The molecule has 1 aromatic rings. The summed E-state index contributed by atoms with van der Waals surface area (Å²) in [6, 6.07) is 0. The lowest BCUT2D eigenvalue weighted by atomic mass is 10.1. The van der Waals surface area contributed by atoms with E-state index in [-0.39, 0.29) is 5.91 Å². The Bertz CT molecular complexity index is 437. The molecule has 0 aliphatic carbocycles. The minimum absolute atomic E-state index is 0.157. The Morgan fingerprint density at radius 3 is 2.94 bits per heavy atom. The SMILES string of the molecule is CC(C)CC(=O)N1CCn2cnc(C=O)c2C1. The van der Waals surface area contributed by atoms with Gasteiger partial charge in [-0.15, -0.1) is 0 Å². The van der Waals surface area contributed by atoms with E-state index in [0.717, 1.165) is 18.5 Å². The monoisotopic (exact) mass is 235 g/mol. The van der Waals surface area contributed by atoms with Gasteiger partial charge in [-0.05, 0) is 5.92 Å². The summed E-state index contributed by atoms with van der Waals surface area (Å²) in [6.45, 7) is 5.98. The quantitative estimate of drug-likeness (QED) is 0.737. The smallest absolute Gasteiger partial charge is 0.223 e. The van der Waals surface area contributed by atoms with E-state index in [0.29, 0.717) is 31.1 Å². The van der Waals surface area contributed by atoms with Crippen LogP contribution in [0.25, 0.3) is 0 Å². The molecule has 1 aliphatic heterocycles. The number of carbonyl (C=O) groups is 2. The predicted octanol–water partition coefficient (Wildman–Crippen LogP) is 1.08. The first kappa shape index (κ1) is 11.8. The van der Waals surface area contributed by atoms with Crippen molar-refractivity contribution in [3.05, 3.63) is 17.7 Å². The van der Waals surface area contributed by atoms with Crippen molar-refractivity contribution in [1.29, 1.82) is 0 Å². The van der Waals surface area contributed by atoms with Crippen molar-refractivity contribution in [3.8, 4) is 0 Å². The summed E-state index contributed by atoms with van der Waals surface area (Å²) < 4.78 is 1.95. The summed E-state index contributed by atoms with van der Waals surface area (Å²) in [5.41, 5.74) is 1.30. The molecule has 0 saturated heterocycles. The zero-order chi connectivity index (χ0) is 12.4. The molecule has 0 bridgehead atoms. The van der Waals surface area contributed by atoms with Gasteiger partial charge in [-0.3, -0.25) is 9.59 Å². The van der Waals surface area contributed by atoms with Crippen LogP contribution >= 0.6 is 0 Å². The molecule has 0 aromatic carbocycles. The van der Waals surface area contributed by atoms with Crippen molar-refractivity contribution < 1.29 is 9.59 Å². The van der Waals surface area contributed by atoms with Crippen molar-refractivity contribution in [1.82, 2.24) is 14.5 Å². The molecule has 0 atom stereocenters. The lowest BCUT2D eigenvalue weighted by Gasteiger charge is -2.29.